The second-order valence-corrected chi connectivity index (χ2v) is 13.8. The Morgan fingerprint density at radius 2 is 1.00 bits per heavy atom. The zero-order valence-electron chi connectivity index (χ0n) is 31.3. The van der Waals surface area contributed by atoms with Gasteiger partial charge < -0.3 is 9.97 Å². The van der Waals surface area contributed by atoms with Crippen LogP contribution in [0, 0.1) is 29.1 Å². The fourth-order valence-corrected chi connectivity index (χ4v) is 7.62. The summed E-state index contributed by atoms with van der Waals surface area (Å²) in [5.74, 6) is 13.3. The summed E-state index contributed by atoms with van der Waals surface area (Å²) >= 11 is 0. The van der Waals surface area contributed by atoms with Gasteiger partial charge in [-0.3, -0.25) is 0 Å². The van der Waals surface area contributed by atoms with Crippen molar-refractivity contribution < 1.29 is 0 Å². The molecule has 3 aromatic rings. The molecule has 0 saturated carbocycles. The molecule has 0 aromatic carbocycles. The van der Waals surface area contributed by atoms with E-state index in [-0.39, 0.29) is 5.41 Å². The van der Waals surface area contributed by atoms with E-state index in [1.807, 2.05) is 0 Å². The number of H-pyrrole nitrogens is 2. The molecule has 0 saturated heterocycles. The Labute approximate surface area is 289 Å². The first-order valence-corrected chi connectivity index (χ1v) is 18.4. The highest BCUT2D eigenvalue weighted by Gasteiger charge is 2.25. The maximum absolute atomic E-state index is 5.46. The molecule has 0 radical (unpaired) electrons. The number of fused-ring (bicyclic) bond motifs is 8. The van der Waals surface area contributed by atoms with Crippen molar-refractivity contribution in [2.45, 2.75) is 128 Å². The van der Waals surface area contributed by atoms with Crippen LogP contribution in [0.25, 0.3) is 44.4 Å². The van der Waals surface area contributed by atoms with E-state index in [4.69, 9.17) is 9.97 Å². The molecule has 0 aliphatic carbocycles. The van der Waals surface area contributed by atoms with Crippen molar-refractivity contribution in [1.82, 2.24) is 19.9 Å². The number of nitrogens with zero attached hydrogens (tertiary/aromatic N) is 2. The second kappa shape index (κ2) is 14.5. The molecule has 0 atom stereocenters. The smallest absolute Gasteiger partial charge is 0.0850 e. The Morgan fingerprint density at radius 3 is 1.54 bits per heavy atom. The lowest BCUT2D eigenvalue weighted by atomic mass is 9.95. The molecule has 0 unspecified atom stereocenters. The second-order valence-electron chi connectivity index (χ2n) is 13.8. The molecular formula is C44H54N4. The van der Waals surface area contributed by atoms with Gasteiger partial charge in [0.2, 0.25) is 0 Å². The molecule has 0 amide bonds. The van der Waals surface area contributed by atoms with Gasteiger partial charge in [-0.1, -0.05) is 61.3 Å². The van der Waals surface area contributed by atoms with Gasteiger partial charge in [0.1, 0.15) is 0 Å². The number of hydrogen-bond donors (Lipinski definition) is 2. The first-order chi connectivity index (χ1) is 23.1. The zero-order chi connectivity index (χ0) is 34.7. The predicted octanol–water partition coefficient (Wildman–Crippen LogP) is 11.4. The average Bonchev–Trinajstić information content (AvgIpc) is 3.79. The van der Waals surface area contributed by atoms with Gasteiger partial charge in [0, 0.05) is 22.0 Å². The van der Waals surface area contributed by atoms with Crippen molar-refractivity contribution in [2.24, 2.45) is 5.41 Å². The molecule has 5 rings (SSSR count). The Hall–Kier alpha value is -4.28. The normalized spacial score (nSPS) is 13.1. The zero-order valence-corrected chi connectivity index (χ0v) is 31.3. The number of aromatic nitrogens is 4. The Kier molecular flexibility index (Phi) is 10.6. The Morgan fingerprint density at radius 1 is 0.521 bits per heavy atom. The lowest BCUT2D eigenvalue weighted by Crippen LogP contribution is -1.98. The third-order valence-corrected chi connectivity index (χ3v) is 9.80. The third kappa shape index (κ3) is 6.43. The average molecular weight is 639 g/mol. The van der Waals surface area contributed by atoms with Crippen molar-refractivity contribution in [3.63, 3.8) is 0 Å². The monoisotopic (exact) mass is 638 g/mol. The van der Waals surface area contributed by atoms with Crippen LogP contribution in [0.5, 0.6) is 0 Å². The lowest BCUT2D eigenvalue weighted by Gasteiger charge is -2.06. The summed E-state index contributed by atoms with van der Waals surface area (Å²) in [5.41, 5.74) is 20.1. The van der Waals surface area contributed by atoms with Crippen molar-refractivity contribution in [2.75, 3.05) is 0 Å². The van der Waals surface area contributed by atoms with E-state index >= 15 is 0 Å². The summed E-state index contributed by atoms with van der Waals surface area (Å²) in [6.07, 6.45) is 7.36. The van der Waals surface area contributed by atoms with Crippen LogP contribution in [0.3, 0.4) is 0 Å². The number of nitrogens with one attached hydrogen (secondary N) is 2. The standard InChI is InChI=1S/C44H54N4/c1-12-27-29(14-3)38-25-40-31(16-5)33(18-7)42(47-40)35(22-20-21-23-44(9,10)11)43-34(19-8)32(17-6)41(48-43)26-39-30(15-4)28(13-2)37(46-39)24-36(27)45-38/h24-26,45,47H,12-19H2,1-11H3. The van der Waals surface area contributed by atoms with Crippen LogP contribution in [0.2, 0.25) is 0 Å². The summed E-state index contributed by atoms with van der Waals surface area (Å²) in [6.45, 7) is 24.4. The maximum atomic E-state index is 5.46. The van der Waals surface area contributed by atoms with Gasteiger partial charge in [-0.15, -0.1) is 0 Å². The highest BCUT2D eigenvalue weighted by Crippen LogP contribution is 2.40. The summed E-state index contributed by atoms with van der Waals surface area (Å²) in [5, 5.41) is 0. The van der Waals surface area contributed by atoms with Gasteiger partial charge in [0.05, 0.1) is 33.9 Å². The van der Waals surface area contributed by atoms with Gasteiger partial charge in [-0.2, -0.15) is 0 Å². The summed E-state index contributed by atoms with van der Waals surface area (Å²) in [6, 6.07) is 6.89. The van der Waals surface area contributed by atoms with Gasteiger partial charge >= 0.3 is 0 Å². The van der Waals surface area contributed by atoms with Gasteiger partial charge in [-0.25, -0.2) is 9.97 Å². The summed E-state index contributed by atoms with van der Waals surface area (Å²) in [4.78, 5) is 18.6. The van der Waals surface area contributed by atoms with Crippen LogP contribution in [0.4, 0.5) is 0 Å². The highest BCUT2D eigenvalue weighted by atomic mass is 14.8. The van der Waals surface area contributed by atoms with Gasteiger partial charge in [0.25, 0.3) is 0 Å². The summed E-state index contributed by atoms with van der Waals surface area (Å²) in [7, 11) is 0. The van der Waals surface area contributed by atoms with E-state index in [0.29, 0.717) is 0 Å². The van der Waals surface area contributed by atoms with Crippen LogP contribution in [-0.2, 0) is 25.7 Å². The molecule has 250 valence electrons. The predicted molar refractivity (Wildman–Crippen MR) is 207 cm³/mol. The molecule has 8 bridgehead atoms. The van der Waals surface area contributed by atoms with Crippen molar-refractivity contribution in [3.05, 3.63) is 68.8 Å². The van der Waals surface area contributed by atoms with Crippen LogP contribution >= 0.6 is 0 Å². The van der Waals surface area contributed by atoms with Gasteiger partial charge in [0.15, 0.2) is 0 Å². The van der Waals surface area contributed by atoms with Crippen LogP contribution in [0.1, 0.15) is 152 Å². The molecule has 2 aliphatic heterocycles. The lowest BCUT2D eigenvalue weighted by molar-refractivity contribution is 0.571. The van der Waals surface area contributed by atoms with Gasteiger partial charge in [-0.05, 0) is 153 Å². The third-order valence-electron chi connectivity index (χ3n) is 9.80. The van der Waals surface area contributed by atoms with E-state index in [9.17, 15) is 0 Å². The molecule has 2 N–H and O–H groups in total. The Balaban J connectivity index is 2.10. The molecule has 4 heteroatoms. The molecule has 2 aliphatic rings. The SMILES string of the molecule is CCC1=C(CC)c2cc3[nH]c(cc4[nH]c(c(C#CC#CC(C)(C)C)c5nc(cc1n2)C(CC)=C5CC)c(CC)c4CC)c(CC)c3CC. The van der Waals surface area contributed by atoms with Crippen LogP contribution < -0.4 is 0 Å². The molecule has 48 heavy (non-hydrogen) atoms. The van der Waals surface area contributed by atoms with E-state index in [0.717, 1.165) is 90.7 Å². The summed E-state index contributed by atoms with van der Waals surface area (Å²) < 4.78 is 0. The minimum Gasteiger partial charge on any atom is -0.355 e. The fourth-order valence-electron chi connectivity index (χ4n) is 7.62. The largest absolute Gasteiger partial charge is 0.355 e. The highest BCUT2D eigenvalue weighted by molar-refractivity contribution is 5.98. The number of aryl methyl sites for hydroxylation is 4. The van der Waals surface area contributed by atoms with E-state index in [2.05, 4.69) is 128 Å². The molecule has 0 fully saturated rings. The first kappa shape index (κ1) is 35.0. The van der Waals surface area contributed by atoms with Crippen molar-refractivity contribution in [3.8, 4) is 23.7 Å². The Bertz CT molecular complexity index is 2100. The fraction of sp³-hybridized carbons (Fsp3) is 0.455. The van der Waals surface area contributed by atoms with Crippen LogP contribution in [-0.4, -0.2) is 19.9 Å². The van der Waals surface area contributed by atoms with Crippen LogP contribution in [0.15, 0.2) is 18.2 Å². The quantitative estimate of drug-likeness (QED) is 0.241. The molecular weight excluding hydrogens is 585 g/mol. The number of allylic oxidation sites excluding steroid dienone is 4. The van der Waals surface area contributed by atoms with E-state index in [1.165, 1.54) is 55.6 Å². The molecule has 3 aromatic heterocycles. The minimum absolute atomic E-state index is 0.122. The molecule has 0 spiro atoms. The topological polar surface area (TPSA) is 57.4 Å². The molecule has 4 nitrogen and oxygen atoms in total. The van der Waals surface area contributed by atoms with E-state index in [1.54, 1.807) is 0 Å². The number of rotatable bonds is 8. The number of hydrogen-bond acceptors (Lipinski definition) is 2. The van der Waals surface area contributed by atoms with Crippen molar-refractivity contribution in [1.29, 1.82) is 0 Å². The minimum atomic E-state index is -0.122. The van der Waals surface area contributed by atoms with E-state index < -0.39 is 0 Å². The maximum Gasteiger partial charge on any atom is 0.0850 e. The van der Waals surface area contributed by atoms with Crippen molar-refractivity contribution >= 4 is 44.4 Å². The number of aromatic amines is 2. The molecule has 5 heterocycles. The first-order valence-electron chi connectivity index (χ1n) is 18.4.